The Balaban J connectivity index is 3.09. The second kappa shape index (κ2) is 7.26. The van der Waals surface area contributed by atoms with E-state index < -0.39 is 23.7 Å². The topological polar surface area (TPSA) is 66.8 Å². The number of halogens is 1. The third-order valence-corrected chi connectivity index (χ3v) is 4.24. The van der Waals surface area contributed by atoms with Crippen LogP contribution in [-0.2, 0) is 9.53 Å². The summed E-state index contributed by atoms with van der Waals surface area (Å²) in [7, 11) is 0. The molecule has 0 saturated carbocycles. The van der Waals surface area contributed by atoms with Crippen molar-refractivity contribution >= 4 is 39.3 Å². The van der Waals surface area contributed by atoms with Crippen molar-refractivity contribution in [1.82, 2.24) is 4.90 Å². The quantitative estimate of drug-likeness (QED) is 0.830. The van der Waals surface area contributed by atoms with Crippen LogP contribution in [0.25, 0.3) is 0 Å². The monoisotopic (exact) mass is 377 g/mol. The van der Waals surface area contributed by atoms with Gasteiger partial charge in [0.25, 0.3) is 0 Å². The van der Waals surface area contributed by atoms with Crippen LogP contribution < -0.4 is 0 Å². The summed E-state index contributed by atoms with van der Waals surface area (Å²) < 4.78 is 6.13. The molecule has 1 atom stereocenters. The van der Waals surface area contributed by atoms with Crippen molar-refractivity contribution in [2.24, 2.45) is 0 Å². The highest BCUT2D eigenvalue weighted by Crippen LogP contribution is 2.31. The summed E-state index contributed by atoms with van der Waals surface area (Å²) in [6.07, 6.45) is 0.0384. The van der Waals surface area contributed by atoms with E-state index in [1.807, 2.05) is 6.92 Å². The number of thiophene rings is 1. The highest BCUT2D eigenvalue weighted by molar-refractivity contribution is 9.10. The number of carbonyl (C=O) groups is 2. The van der Waals surface area contributed by atoms with E-state index in [0.29, 0.717) is 17.8 Å². The Bertz CT molecular complexity index is 509. The zero-order chi connectivity index (χ0) is 16.2. The molecule has 1 rings (SSSR count). The fraction of sp³-hybridized carbons (Fsp3) is 0.571. The first-order chi connectivity index (χ1) is 9.65. The first kappa shape index (κ1) is 18.0. The molecule has 0 fully saturated rings. The molecular formula is C14H20BrNO4S. The maximum Gasteiger partial charge on any atom is 0.411 e. The van der Waals surface area contributed by atoms with E-state index in [1.165, 1.54) is 16.2 Å². The molecule has 118 valence electrons. The maximum absolute atomic E-state index is 12.3. The van der Waals surface area contributed by atoms with E-state index >= 15 is 0 Å². The average Bonchev–Trinajstić information content (AvgIpc) is 2.72. The van der Waals surface area contributed by atoms with Gasteiger partial charge in [0.05, 0.1) is 0 Å². The Labute approximate surface area is 137 Å². The van der Waals surface area contributed by atoms with Gasteiger partial charge in [0.2, 0.25) is 0 Å². The highest BCUT2D eigenvalue weighted by Gasteiger charge is 2.34. The van der Waals surface area contributed by atoms with E-state index in [2.05, 4.69) is 15.9 Å². The fourth-order valence-corrected chi connectivity index (χ4v) is 3.31. The molecule has 0 spiro atoms. The number of nitrogens with zero attached hydrogens (tertiary/aromatic N) is 1. The summed E-state index contributed by atoms with van der Waals surface area (Å²) in [5.74, 6) is -1.07. The van der Waals surface area contributed by atoms with Gasteiger partial charge in [-0.2, -0.15) is 0 Å². The van der Waals surface area contributed by atoms with Crippen LogP contribution in [0, 0.1) is 0 Å². The number of hydrogen-bond acceptors (Lipinski definition) is 4. The lowest BCUT2D eigenvalue weighted by molar-refractivity contribution is -0.143. The van der Waals surface area contributed by atoms with Gasteiger partial charge >= 0.3 is 12.1 Å². The number of hydrogen-bond donors (Lipinski definition) is 1. The summed E-state index contributed by atoms with van der Waals surface area (Å²) in [6.45, 7) is 7.48. The van der Waals surface area contributed by atoms with Gasteiger partial charge in [-0.25, -0.2) is 9.59 Å². The lowest BCUT2D eigenvalue weighted by Crippen LogP contribution is -2.42. The normalized spacial score (nSPS) is 12.8. The SMILES string of the molecule is CCCN(C(=O)OC(C)(C)C)C(C(=O)O)c1cc(Br)cs1. The zero-order valence-corrected chi connectivity index (χ0v) is 15.0. The minimum Gasteiger partial charge on any atom is -0.479 e. The number of aliphatic carboxylic acids is 1. The van der Waals surface area contributed by atoms with Crippen molar-refractivity contribution in [2.45, 2.75) is 45.8 Å². The third-order valence-electron chi connectivity index (χ3n) is 2.50. The Morgan fingerprint density at radius 3 is 2.48 bits per heavy atom. The minimum atomic E-state index is -1.07. The smallest absolute Gasteiger partial charge is 0.411 e. The number of carboxylic acids is 1. The van der Waals surface area contributed by atoms with Gasteiger partial charge in [0.15, 0.2) is 6.04 Å². The van der Waals surface area contributed by atoms with Crippen LogP contribution in [-0.4, -0.2) is 34.2 Å². The van der Waals surface area contributed by atoms with Gasteiger partial charge in [0, 0.05) is 21.3 Å². The molecule has 1 amide bonds. The summed E-state index contributed by atoms with van der Waals surface area (Å²) in [6, 6.07) is 0.687. The standard InChI is InChI=1S/C14H20BrNO4S/c1-5-6-16(13(19)20-14(2,3)4)11(12(17)18)10-7-9(15)8-21-10/h7-8,11H,5-6H2,1-4H3,(H,17,18). The molecule has 0 aliphatic rings. The number of ether oxygens (including phenoxy) is 1. The molecule has 0 radical (unpaired) electrons. The lowest BCUT2D eigenvalue weighted by Gasteiger charge is -2.30. The second-order valence-electron chi connectivity index (χ2n) is 5.58. The molecule has 0 aliphatic heterocycles. The first-order valence-corrected chi connectivity index (χ1v) is 8.29. The average molecular weight is 378 g/mol. The van der Waals surface area contributed by atoms with Crippen molar-refractivity contribution in [3.63, 3.8) is 0 Å². The molecule has 0 aliphatic carbocycles. The Kier molecular flexibility index (Phi) is 6.22. The van der Waals surface area contributed by atoms with Crippen molar-refractivity contribution < 1.29 is 19.4 Å². The molecule has 1 aromatic heterocycles. The van der Waals surface area contributed by atoms with Gasteiger partial charge in [0.1, 0.15) is 5.60 Å². The van der Waals surface area contributed by atoms with Crippen LogP contribution in [0.1, 0.15) is 45.0 Å². The van der Waals surface area contributed by atoms with Crippen LogP contribution in [0.3, 0.4) is 0 Å². The molecule has 0 aromatic carbocycles. The lowest BCUT2D eigenvalue weighted by atomic mass is 10.2. The Morgan fingerprint density at radius 2 is 2.10 bits per heavy atom. The van der Waals surface area contributed by atoms with Crippen LogP contribution in [0.2, 0.25) is 0 Å². The molecule has 0 saturated heterocycles. The molecule has 1 unspecified atom stereocenters. The summed E-state index contributed by atoms with van der Waals surface area (Å²) >= 11 is 4.60. The van der Waals surface area contributed by atoms with E-state index in [0.717, 1.165) is 4.47 Å². The maximum atomic E-state index is 12.3. The van der Waals surface area contributed by atoms with Crippen molar-refractivity contribution in [3.8, 4) is 0 Å². The van der Waals surface area contributed by atoms with Gasteiger partial charge in [-0.1, -0.05) is 6.92 Å². The van der Waals surface area contributed by atoms with Crippen LogP contribution in [0.5, 0.6) is 0 Å². The molecule has 1 heterocycles. The van der Waals surface area contributed by atoms with E-state index in [4.69, 9.17) is 4.74 Å². The van der Waals surface area contributed by atoms with Crippen LogP contribution in [0.15, 0.2) is 15.9 Å². The van der Waals surface area contributed by atoms with Crippen molar-refractivity contribution in [3.05, 3.63) is 20.8 Å². The predicted molar refractivity (Wildman–Crippen MR) is 85.6 cm³/mol. The zero-order valence-electron chi connectivity index (χ0n) is 12.6. The summed E-state index contributed by atoms with van der Waals surface area (Å²) in [5, 5.41) is 11.3. The molecule has 7 heteroatoms. The predicted octanol–water partition coefficient (Wildman–Crippen LogP) is 4.28. The number of carbonyl (C=O) groups excluding carboxylic acids is 1. The highest BCUT2D eigenvalue weighted by atomic mass is 79.9. The molecule has 1 aromatic rings. The van der Waals surface area contributed by atoms with Crippen LogP contribution in [0.4, 0.5) is 4.79 Å². The minimum absolute atomic E-state index is 0.321. The van der Waals surface area contributed by atoms with Crippen LogP contribution >= 0.6 is 27.3 Å². The molecule has 0 bridgehead atoms. The van der Waals surface area contributed by atoms with Crippen molar-refractivity contribution in [1.29, 1.82) is 0 Å². The molecule has 5 nitrogen and oxygen atoms in total. The van der Waals surface area contributed by atoms with Gasteiger partial charge in [-0.05, 0) is 49.2 Å². The fourth-order valence-electron chi connectivity index (χ4n) is 1.77. The van der Waals surface area contributed by atoms with Gasteiger partial charge in [-0.3, -0.25) is 4.90 Å². The molecular weight excluding hydrogens is 358 g/mol. The molecule has 21 heavy (non-hydrogen) atoms. The molecule has 1 N–H and O–H groups in total. The van der Waals surface area contributed by atoms with Gasteiger partial charge in [-0.15, -0.1) is 11.3 Å². The first-order valence-electron chi connectivity index (χ1n) is 6.62. The summed E-state index contributed by atoms with van der Waals surface area (Å²) in [5.41, 5.74) is -0.665. The van der Waals surface area contributed by atoms with E-state index in [9.17, 15) is 14.7 Å². The second-order valence-corrected chi connectivity index (χ2v) is 7.44. The summed E-state index contributed by atoms with van der Waals surface area (Å²) in [4.78, 5) is 25.8. The largest absolute Gasteiger partial charge is 0.479 e. The third kappa shape index (κ3) is 5.32. The van der Waals surface area contributed by atoms with Crippen molar-refractivity contribution in [2.75, 3.05) is 6.54 Å². The van der Waals surface area contributed by atoms with E-state index in [1.54, 1.807) is 32.2 Å². The van der Waals surface area contributed by atoms with E-state index in [-0.39, 0.29) is 0 Å². The number of amides is 1. The number of carboxylic acid groups (broad SMARTS) is 1. The Hall–Kier alpha value is -1.08. The van der Waals surface area contributed by atoms with Gasteiger partial charge < -0.3 is 9.84 Å². The number of rotatable bonds is 5. The Morgan fingerprint density at radius 1 is 1.48 bits per heavy atom.